The molecule has 20 heavy (non-hydrogen) atoms. The van der Waals surface area contributed by atoms with Crippen molar-refractivity contribution >= 4 is 20.0 Å². The topological polar surface area (TPSA) is 80.3 Å². The third-order valence-corrected chi connectivity index (χ3v) is 7.02. The number of nitrogens with one attached hydrogen (secondary N) is 1. The summed E-state index contributed by atoms with van der Waals surface area (Å²) >= 11 is 0. The minimum Gasteiger partial charge on any atom is -0.211 e. The Hall–Kier alpha value is -1.44. The highest BCUT2D eigenvalue weighted by atomic mass is 32.3. The van der Waals surface area contributed by atoms with Crippen LogP contribution in [0, 0.1) is 0 Å². The first-order valence-electron chi connectivity index (χ1n) is 5.99. The van der Waals surface area contributed by atoms with Crippen LogP contribution in [0.15, 0.2) is 59.0 Å². The maximum Gasteiger partial charge on any atom is 0.253 e. The van der Waals surface area contributed by atoms with E-state index in [9.17, 15) is 16.8 Å². The molecule has 0 amide bonds. The molecule has 1 aromatic carbocycles. The van der Waals surface area contributed by atoms with Crippen molar-refractivity contribution in [2.45, 2.75) is 23.5 Å². The van der Waals surface area contributed by atoms with E-state index in [1.807, 2.05) is 4.13 Å². The minimum absolute atomic E-state index is 0.0726. The molecule has 0 bridgehead atoms. The normalized spacial score (nSPS) is 19.6. The Morgan fingerprint density at radius 3 is 2.35 bits per heavy atom. The molecule has 0 aromatic heterocycles. The van der Waals surface area contributed by atoms with Crippen molar-refractivity contribution in [3.05, 3.63) is 54.1 Å². The van der Waals surface area contributed by atoms with Gasteiger partial charge in [-0.25, -0.2) is 16.8 Å². The van der Waals surface area contributed by atoms with Gasteiger partial charge in [0.25, 0.3) is 10.0 Å². The number of rotatable bonds is 4. The second-order valence-electron chi connectivity index (χ2n) is 4.51. The van der Waals surface area contributed by atoms with E-state index in [4.69, 9.17) is 0 Å². The quantitative estimate of drug-likeness (QED) is 0.915. The predicted octanol–water partition coefficient (Wildman–Crippen LogP) is 1.57. The largest absolute Gasteiger partial charge is 0.253 e. The average Bonchev–Trinajstić information content (AvgIpc) is 2.39. The zero-order valence-corrected chi connectivity index (χ0v) is 12.5. The van der Waals surface area contributed by atoms with Crippen LogP contribution in [0.2, 0.25) is 0 Å². The molecule has 1 unspecified atom stereocenters. The summed E-state index contributed by atoms with van der Waals surface area (Å²) in [7, 11) is -8.08. The van der Waals surface area contributed by atoms with Gasteiger partial charge >= 0.3 is 0 Å². The first kappa shape index (κ1) is 15.0. The zero-order chi connectivity index (χ0) is 14.8. The molecule has 0 aliphatic heterocycles. The Balaban J connectivity index is 2.30. The smallest absolute Gasteiger partial charge is 0.211 e. The molecule has 0 saturated carbocycles. The van der Waals surface area contributed by atoms with E-state index < -0.39 is 25.3 Å². The van der Waals surface area contributed by atoms with Crippen molar-refractivity contribution in [1.82, 2.24) is 4.13 Å². The van der Waals surface area contributed by atoms with Crippen LogP contribution in [-0.2, 0) is 20.0 Å². The number of sulfonamides is 2. The zero-order valence-electron chi connectivity index (χ0n) is 10.9. The van der Waals surface area contributed by atoms with E-state index >= 15 is 0 Å². The number of hydrogen-bond acceptors (Lipinski definition) is 4. The SMILES string of the molecule is CC1=CC=CCC1S(=O)(=O)NS(=O)(=O)c1ccccc1. The lowest BCUT2D eigenvalue weighted by molar-refractivity contribution is 0.570. The lowest BCUT2D eigenvalue weighted by atomic mass is 10.1. The van der Waals surface area contributed by atoms with E-state index in [1.165, 1.54) is 24.3 Å². The maximum absolute atomic E-state index is 12.2. The molecular weight excluding hydrogens is 298 g/mol. The molecule has 1 atom stereocenters. The molecule has 0 saturated heterocycles. The van der Waals surface area contributed by atoms with Crippen LogP contribution in [0.4, 0.5) is 0 Å². The average molecular weight is 313 g/mol. The molecule has 7 heteroatoms. The van der Waals surface area contributed by atoms with Crippen LogP contribution in [0.1, 0.15) is 13.3 Å². The molecule has 1 aliphatic rings. The maximum atomic E-state index is 12.2. The van der Waals surface area contributed by atoms with Crippen LogP contribution in [-0.4, -0.2) is 22.1 Å². The van der Waals surface area contributed by atoms with Crippen LogP contribution >= 0.6 is 0 Å². The van der Waals surface area contributed by atoms with E-state index in [2.05, 4.69) is 0 Å². The lowest BCUT2D eigenvalue weighted by Crippen LogP contribution is -2.39. The van der Waals surface area contributed by atoms with E-state index in [0.717, 1.165) is 0 Å². The van der Waals surface area contributed by atoms with Gasteiger partial charge in [-0.3, -0.25) is 0 Å². The van der Waals surface area contributed by atoms with Gasteiger partial charge in [-0.15, -0.1) is 4.13 Å². The van der Waals surface area contributed by atoms with Crippen LogP contribution in [0.5, 0.6) is 0 Å². The number of benzene rings is 1. The molecule has 5 nitrogen and oxygen atoms in total. The third kappa shape index (κ3) is 3.17. The molecule has 1 aromatic rings. The molecule has 0 spiro atoms. The molecule has 0 fully saturated rings. The van der Waals surface area contributed by atoms with Gasteiger partial charge in [-0.05, 0) is 25.5 Å². The van der Waals surface area contributed by atoms with Crippen molar-refractivity contribution in [2.75, 3.05) is 0 Å². The monoisotopic (exact) mass is 313 g/mol. The van der Waals surface area contributed by atoms with Gasteiger partial charge in [0.1, 0.15) is 5.25 Å². The highest BCUT2D eigenvalue weighted by Gasteiger charge is 2.31. The minimum atomic E-state index is -4.08. The highest BCUT2D eigenvalue weighted by molar-refractivity contribution is 8.05. The predicted molar refractivity (Wildman–Crippen MR) is 77.0 cm³/mol. The molecule has 0 radical (unpaired) electrons. The van der Waals surface area contributed by atoms with Crippen LogP contribution in [0.3, 0.4) is 0 Å². The number of allylic oxidation sites excluding steroid dienone is 3. The van der Waals surface area contributed by atoms with E-state index in [-0.39, 0.29) is 11.3 Å². The molecule has 2 rings (SSSR count). The highest BCUT2D eigenvalue weighted by Crippen LogP contribution is 2.21. The molecule has 1 aliphatic carbocycles. The van der Waals surface area contributed by atoms with Gasteiger partial charge in [-0.2, -0.15) is 0 Å². The van der Waals surface area contributed by atoms with Crippen LogP contribution < -0.4 is 4.13 Å². The van der Waals surface area contributed by atoms with Crippen molar-refractivity contribution in [2.24, 2.45) is 0 Å². The fourth-order valence-corrected chi connectivity index (χ4v) is 5.47. The summed E-state index contributed by atoms with van der Waals surface area (Å²) in [5, 5.41) is -0.856. The summed E-state index contributed by atoms with van der Waals surface area (Å²) in [5.41, 5.74) is 0.614. The summed E-state index contributed by atoms with van der Waals surface area (Å²) < 4.78 is 50.4. The Kier molecular flexibility index (Phi) is 4.12. The fourth-order valence-electron chi connectivity index (χ4n) is 1.95. The molecular formula is C13H15NO4S2. The Labute approximate surface area is 119 Å². The van der Waals surface area contributed by atoms with Crippen molar-refractivity contribution < 1.29 is 16.8 Å². The molecule has 1 N–H and O–H groups in total. The van der Waals surface area contributed by atoms with E-state index in [0.29, 0.717) is 5.57 Å². The van der Waals surface area contributed by atoms with Crippen LogP contribution in [0.25, 0.3) is 0 Å². The summed E-state index contributed by atoms with van der Waals surface area (Å²) in [5.74, 6) is 0. The van der Waals surface area contributed by atoms with Crippen molar-refractivity contribution in [3.8, 4) is 0 Å². The Morgan fingerprint density at radius 2 is 1.75 bits per heavy atom. The van der Waals surface area contributed by atoms with Gasteiger partial charge in [0.15, 0.2) is 0 Å². The standard InChI is InChI=1S/C13H15NO4S2/c1-11-7-5-6-10-13(11)20(17,18)14-19(15,16)12-8-3-2-4-9-12/h2-9,13-14H,10H2,1H3. The van der Waals surface area contributed by atoms with Gasteiger partial charge < -0.3 is 0 Å². The second kappa shape index (κ2) is 5.51. The third-order valence-electron chi connectivity index (χ3n) is 3.01. The summed E-state index contributed by atoms with van der Waals surface area (Å²) in [6.07, 6.45) is 5.39. The Bertz CT molecular complexity index is 747. The lowest BCUT2D eigenvalue weighted by Gasteiger charge is -2.19. The molecule has 108 valence electrons. The van der Waals surface area contributed by atoms with Gasteiger partial charge in [0.05, 0.1) is 4.90 Å². The van der Waals surface area contributed by atoms with Crippen molar-refractivity contribution in [3.63, 3.8) is 0 Å². The second-order valence-corrected chi connectivity index (χ2v) is 8.31. The summed E-state index contributed by atoms with van der Waals surface area (Å²) in [6, 6.07) is 7.43. The van der Waals surface area contributed by atoms with Crippen molar-refractivity contribution in [1.29, 1.82) is 0 Å². The van der Waals surface area contributed by atoms with Gasteiger partial charge in [-0.1, -0.05) is 42.0 Å². The molecule has 0 heterocycles. The Morgan fingerprint density at radius 1 is 1.10 bits per heavy atom. The fraction of sp³-hybridized carbons (Fsp3) is 0.231. The summed E-state index contributed by atoms with van der Waals surface area (Å²) in [6.45, 7) is 1.67. The van der Waals surface area contributed by atoms with Gasteiger partial charge in [0, 0.05) is 0 Å². The first-order chi connectivity index (χ1) is 9.33. The van der Waals surface area contributed by atoms with Gasteiger partial charge in [0.2, 0.25) is 10.0 Å². The van der Waals surface area contributed by atoms with E-state index in [1.54, 1.807) is 31.2 Å². The number of hydrogen-bond donors (Lipinski definition) is 1. The summed E-state index contributed by atoms with van der Waals surface area (Å²) in [4.78, 5) is -0.0726. The first-order valence-corrected chi connectivity index (χ1v) is 9.02.